The molecule has 1 N–H and O–H groups in total. The Balaban J connectivity index is 1.58. The Morgan fingerprint density at radius 3 is 1.97 bits per heavy atom. The lowest BCUT2D eigenvalue weighted by Gasteiger charge is -2.32. The second kappa shape index (κ2) is 9.12. The van der Waals surface area contributed by atoms with Gasteiger partial charge in [0, 0.05) is 16.1 Å². The van der Waals surface area contributed by atoms with Crippen LogP contribution in [0.3, 0.4) is 0 Å². The molecule has 0 radical (unpaired) electrons. The molecule has 0 aliphatic heterocycles. The summed E-state index contributed by atoms with van der Waals surface area (Å²) in [4.78, 5) is 4.66. The zero-order chi connectivity index (χ0) is 24.5. The third-order valence-corrected chi connectivity index (χ3v) is 6.74. The molecule has 1 unspecified atom stereocenters. The number of halogens is 1. The van der Waals surface area contributed by atoms with Crippen molar-refractivity contribution >= 4 is 22.7 Å². The third kappa shape index (κ3) is 3.89. The number of hydrogen-bond donors (Lipinski definition) is 1. The van der Waals surface area contributed by atoms with Crippen LogP contribution in [0.25, 0.3) is 33.7 Å². The van der Waals surface area contributed by atoms with E-state index in [0.29, 0.717) is 27.6 Å². The summed E-state index contributed by atoms with van der Waals surface area (Å²) in [5.41, 5.74) is 4.88. The molecule has 1 atom stereocenters. The first-order valence-electron chi connectivity index (χ1n) is 11.7. The SMILES string of the molecule is OC(c1ccc(Cl)cc1)(c1ccc2nc(-c3ccccc3)oc2c1)c1ccccc1-c1ccccc1. The van der Waals surface area contributed by atoms with Crippen LogP contribution < -0.4 is 0 Å². The van der Waals surface area contributed by atoms with Gasteiger partial charge in [-0.3, -0.25) is 0 Å². The molecule has 4 heteroatoms. The number of nitrogens with zero attached hydrogens (tertiary/aromatic N) is 1. The Morgan fingerprint density at radius 1 is 0.639 bits per heavy atom. The summed E-state index contributed by atoms with van der Waals surface area (Å²) >= 11 is 6.22. The number of fused-ring (bicyclic) bond motifs is 1. The van der Waals surface area contributed by atoms with Crippen molar-refractivity contribution in [3.05, 3.63) is 149 Å². The van der Waals surface area contributed by atoms with Crippen molar-refractivity contribution in [1.29, 1.82) is 0 Å². The van der Waals surface area contributed by atoms with Gasteiger partial charge in [-0.15, -0.1) is 0 Å². The summed E-state index contributed by atoms with van der Waals surface area (Å²) in [7, 11) is 0. The van der Waals surface area contributed by atoms with Gasteiger partial charge in [0.1, 0.15) is 11.1 Å². The van der Waals surface area contributed by atoms with Crippen LogP contribution in [-0.4, -0.2) is 10.1 Å². The van der Waals surface area contributed by atoms with E-state index in [-0.39, 0.29) is 0 Å². The Bertz CT molecular complexity index is 1640. The molecule has 0 bridgehead atoms. The first-order valence-corrected chi connectivity index (χ1v) is 12.1. The largest absolute Gasteiger partial charge is 0.436 e. The van der Waals surface area contributed by atoms with Gasteiger partial charge < -0.3 is 9.52 Å². The van der Waals surface area contributed by atoms with Gasteiger partial charge >= 0.3 is 0 Å². The van der Waals surface area contributed by atoms with E-state index in [1.165, 1.54) is 0 Å². The van der Waals surface area contributed by atoms with E-state index in [1.807, 2.05) is 115 Å². The topological polar surface area (TPSA) is 46.3 Å². The summed E-state index contributed by atoms with van der Waals surface area (Å²) in [6.07, 6.45) is 0. The second-order valence-corrected chi connectivity index (χ2v) is 9.13. The molecule has 1 heterocycles. The van der Waals surface area contributed by atoms with Crippen molar-refractivity contribution in [2.45, 2.75) is 5.60 Å². The van der Waals surface area contributed by atoms with Gasteiger partial charge in [-0.05, 0) is 58.7 Å². The average molecular weight is 488 g/mol. The fourth-order valence-electron chi connectivity index (χ4n) is 4.69. The maximum absolute atomic E-state index is 12.6. The molecular weight excluding hydrogens is 466 g/mol. The molecule has 0 spiro atoms. The van der Waals surface area contributed by atoms with Gasteiger partial charge in [-0.2, -0.15) is 0 Å². The van der Waals surface area contributed by atoms with Crippen molar-refractivity contribution in [3.63, 3.8) is 0 Å². The van der Waals surface area contributed by atoms with E-state index in [1.54, 1.807) is 12.1 Å². The van der Waals surface area contributed by atoms with Gasteiger partial charge in [-0.1, -0.05) is 103 Å². The molecular formula is C32H22ClNO2. The van der Waals surface area contributed by atoms with E-state index < -0.39 is 5.60 Å². The van der Waals surface area contributed by atoms with Crippen LogP contribution in [0.2, 0.25) is 5.02 Å². The summed E-state index contributed by atoms with van der Waals surface area (Å²) in [6.45, 7) is 0. The highest BCUT2D eigenvalue weighted by Crippen LogP contribution is 2.42. The predicted octanol–water partition coefficient (Wildman–Crippen LogP) is 8.10. The lowest BCUT2D eigenvalue weighted by atomic mass is 9.77. The minimum absolute atomic E-state index is 0.544. The Kier molecular flexibility index (Phi) is 5.65. The molecule has 0 saturated carbocycles. The minimum atomic E-state index is -1.47. The fraction of sp³-hybridized carbons (Fsp3) is 0.0312. The molecule has 0 aliphatic carbocycles. The number of aliphatic hydroxyl groups is 1. The van der Waals surface area contributed by atoms with Crippen LogP contribution in [0.15, 0.2) is 132 Å². The van der Waals surface area contributed by atoms with Gasteiger partial charge in [0.15, 0.2) is 5.58 Å². The normalized spacial score (nSPS) is 12.9. The lowest BCUT2D eigenvalue weighted by molar-refractivity contribution is 0.126. The number of rotatable bonds is 5. The molecule has 36 heavy (non-hydrogen) atoms. The maximum atomic E-state index is 12.6. The monoisotopic (exact) mass is 487 g/mol. The summed E-state index contributed by atoms with van der Waals surface area (Å²) < 4.78 is 6.15. The number of oxazole rings is 1. The van der Waals surface area contributed by atoms with Crippen molar-refractivity contribution in [1.82, 2.24) is 4.98 Å². The number of aromatic nitrogens is 1. The Labute approximate surface area is 214 Å². The zero-order valence-corrected chi connectivity index (χ0v) is 20.1. The van der Waals surface area contributed by atoms with Crippen LogP contribution in [-0.2, 0) is 5.60 Å². The van der Waals surface area contributed by atoms with Crippen LogP contribution in [0.4, 0.5) is 0 Å². The zero-order valence-electron chi connectivity index (χ0n) is 19.3. The standard InChI is InChI=1S/C32H22ClNO2/c33-26-18-15-24(16-19-26)32(35,28-14-8-7-13-27(28)22-9-3-1-4-10-22)25-17-20-29-30(21-25)36-31(34-29)23-11-5-2-6-12-23/h1-21,35H. The molecule has 5 aromatic carbocycles. The van der Waals surface area contributed by atoms with Crippen molar-refractivity contribution in [3.8, 4) is 22.6 Å². The first kappa shape index (κ1) is 22.3. The third-order valence-electron chi connectivity index (χ3n) is 6.49. The highest BCUT2D eigenvalue weighted by Gasteiger charge is 2.36. The van der Waals surface area contributed by atoms with E-state index in [0.717, 1.165) is 27.8 Å². The highest BCUT2D eigenvalue weighted by atomic mass is 35.5. The second-order valence-electron chi connectivity index (χ2n) is 8.70. The molecule has 174 valence electrons. The maximum Gasteiger partial charge on any atom is 0.227 e. The molecule has 1 aromatic heterocycles. The predicted molar refractivity (Wildman–Crippen MR) is 145 cm³/mol. The molecule has 6 rings (SSSR count). The van der Waals surface area contributed by atoms with E-state index in [2.05, 4.69) is 4.98 Å². The van der Waals surface area contributed by atoms with Crippen LogP contribution >= 0.6 is 11.6 Å². The smallest absolute Gasteiger partial charge is 0.227 e. The summed E-state index contributed by atoms with van der Waals surface area (Å²) in [5.74, 6) is 0.544. The van der Waals surface area contributed by atoms with E-state index >= 15 is 0 Å². The van der Waals surface area contributed by atoms with E-state index in [4.69, 9.17) is 16.0 Å². The quantitative estimate of drug-likeness (QED) is 0.250. The van der Waals surface area contributed by atoms with Crippen molar-refractivity contribution in [2.75, 3.05) is 0 Å². The molecule has 0 fully saturated rings. The van der Waals surface area contributed by atoms with E-state index in [9.17, 15) is 5.11 Å². The van der Waals surface area contributed by atoms with Crippen LogP contribution in [0.1, 0.15) is 16.7 Å². The molecule has 0 saturated heterocycles. The van der Waals surface area contributed by atoms with Crippen LogP contribution in [0, 0.1) is 0 Å². The van der Waals surface area contributed by atoms with Gasteiger partial charge in [0.05, 0.1) is 0 Å². The summed E-state index contributed by atoms with van der Waals surface area (Å²) in [5, 5.41) is 13.2. The van der Waals surface area contributed by atoms with Gasteiger partial charge in [-0.25, -0.2) is 4.98 Å². The number of hydrogen-bond acceptors (Lipinski definition) is 3. The fourth-order valence-corrected chi connectivity index (χ4v) is 4.82. The minimum Gasteiger partial charge on any atom is -0.436 e. The first-order chi connectivity index (χ1) is 17.6. The molecule has 0 amide bonds. The highest BCUT2D eigenvalue weighted by molar-refractivity contribution is 6.30. The average Bonchev–Trinajstić information content (AvgIpc) is 3.38. The molecule has 3 nitrogen and oxygen atoms in total. The summed E-state index contributed by atoms with van der Waals surface area (Å²) in [6, 6.07) is 40.8. The molecule has 0 aliphatic rings. The van der Waals surface area contributed by atoms with Crippen molar-refractivity contribution in [2.24, 2.45) is 0 Å². The number of benzene rings is 5. The van der Waals surface area contributed by atoms with Gasteiger partial charge in [0.25, 0.3) is 0 Å². The Morgan fingerprint density at radius 2 is 1.25 bits per heavy atom. The Hall–Kier alpha value is -4.18. The van der Waals surface area contributed by atoms with Gasteiger partial charge in [0.2, 0.25) is 5.89 Å². The molecule has 6 aromatic rings. The van der Waals surface area contributed by atoms with Crippen LogP contribution in [0.5, 0.6) is 0 Å². The lowest BCUT2D eigenvalue weighted by Crippen LogP contribution is -2.29. The van der Waals surface area contributed by atoms with Crippen molar-refractivity contribution < 1.29 is 9.52 Å².